The number of carboxylic acids is 1. The molecular weight excluding hydrogens is 284 g/mol. The van der Waals surface area contributed by atoms with Gasteiger partial charge in [-0.1, -0.05) is 19.9 Å². The second-order valence-electron chi connectivity index (χ2n) is 5.55. The molecule has 1 unspecified atom stereocenters. The van der Waals surface area contributed by atoms with Gasteiger partial charge >= 0.3 is 5.97 Å². The van der Waals surface area contributed by atoms with Crippen molar-refractivity contribution in [3.8, 4) is 11.5 Å². The third kappa shape index (κ3) is 5.56. The molecule has 0 bridgehead atoms. The highest BCUT2D eigenvalue weighted by Crippen LogP contribution is 2.35. The summed E-state index contributed by atoms with van der Waals surface area (Å²) in [5, 5.41) is 9.09. The van der Waals surface area contributed by atoms with E-state index >= 15 is 0 Å². The van der Waals surface area contributed by atoms with Crippen molar-refractivity contribution in [1.82, 2.24) is 0 Å². The van der Waals surface area contributed by atoms with Crippen molar-refractivity contribution in [3.05, 3.63) is 23.8 Å². The van der Waals surface area contributed by atoms with Crippen molar-refractivity contribution in [2.24, 2.45) is 5.92 Å². The highest BCUT2D eigenvalue weighted by Gasteiger charge is 2.21. The Morgan fingerprint density at radius 3 is 2.45 bits per heavy atom. The lowest BCUT2D eigenvalue weighted by molar-refractivity contribution is -0.137. The molecule has 0 spiro atoms. The van der Waals surface area contributed by atoms with Gasteiger partial charge in [0.05, 0.1) is 20.1 Å². The maximum absolute atomic E-state index is 11.1. The molecule has 0 aliphatic heterocycles. The van der Waals surface area contributed by atoms with Crippen molar-refractivity contribution >= 4 is 5.97 Å². The number of carboxylic acid groups (broad SMARTS) is 1. The number of aliphatic carboxylic acids is 1. The van der Waals surface area contributed by atoms with Gasteiger partial charge in [0.15, 0.2) is 11.5 Å². The zero-order chi connectivity index (χ0) is 16.5. The highest BCUT2D eigenvalue weighted by atomic mass is 16.5. The monoisotopic (exact) mass is 310 g/mol. The molecule has 0 fully saturated rings. The Balaban J connectivity index is 2.93. The van der Waals surface area contributed by atoms with Crippen LogP contribution in [0.2, 0.25) is 0 Å². The molecule has 1 rings (SSSR count). The maximum Gasteiger partial charge on any atom is 0.303 e. The molecule has 0 saturated heterocycles. The number of methoxy groups -OCH3 is 2. The van der Waals surface area contributed by atoms with E-state index in [4.69, 9.17) is 19.3 Å². The molecule has 22 heavy (non-hydrogen) atoms. The van der Waals surface area contributed by atoms with Gasteiger partial charge in [-0.15, -0.1) is 0 Å². The van der Waals surface area contributed by atoms with Crippen LogP contribution in [0.3, 0.4) is 0 Å². The summed E-state index contributed by atoms with van der Waals surface area (Å²) in [5.74, 6) is 0.679. The van der Waals surface area contributed by atoms with Gasteiger partial charge in [0.2, 0.25) is 0 Å². The van der Waals surface area contributed by atoms with Gasteiger partial charge in [-0.05, 0) is 29.5 Å². The van der Waals surface area contributed by atoms with E-state index in [2.05, 4.69) is 0 Å². The van der Waals surface area contributed by atoms with Crippen LogP contribution in [0.1, 0.15) is 38.2 Å². The highest BCUT2D eigenvalue weighted by molar-refractivity contribution is 5.68. The fourth-order valence-electron chi connectivity index (χ4n) is 2.35. The third-order valence-electron chi connectivity index (χ3n) is 3.57. The number of ether oxygens (including phenoxy) is 3. The number of hydrogen-bond acceptors (Lipinski definition) is 4. The summed E-state index contributed by atoms with van der Waals surface area (Å²) in [7, 11) is 3.24. The van der Waals surface area contributed by atoms with E-state index in [-0.39, 0.29) is 18.3 Å². The number of rotatable bonds is 10. The Hall–Kier alpha value is -1.75. The first-order chi connectivity index (χ1) is 10.5. The average Bonchev–Trinajstić information content (AvgIpc) is 2.48. The summed E-state index contributed by atoms with van der Waals surface area (Å²) in [4.78, 5) is 11.1. The molecule has 0 aliphatic rings. The predicted octanol–water partition coefficient (Wildman–Crippen LogP) is 3.32. The number of benzene rings is 1. The zero-order valence-electron chi connectivity index (χ0n) is 13.8. The smallest absolute Gasteiger partial charge is 0.303 e. The van der Waals surface area contributed by atoms with Gasteiger partial charge in [-0.3, -0.25) is 4.79 Å². The second kappa shape index (κ2) is 9.30. The molecule has 0 amide bonds. The van der Waals surface area contributed by atoms with Gasteiger partial charge in [-0.2, -0.15) is 0 Å². The van der Waals surface area contributed by atoms with Crippen LogP contribution >= 0.6 is 0 Å². The van der Waals surface area contributed by atoms with E-state index in [1.807, 2.05) is 32.0 Å². The van der Waals surface area contributed by atoms with Gasteiger partial charge in [0, 0.05) is 20.1 Å². The Morgan fingerprint density at radius 2 is 1.91 bits per heavy atom. The molecule has 1 aromatic carbocycles. The van der Waals surface area contributed by atoms with Gasteiger partial charge in [0.1, 0.15) is 0 Å². The minimum atomic E-state index is -0.794. The van der Waals surface area contributed by atoms with Crippen LogP contribution in [0.15, 0.2) is 18.2 Å². The molecule has 1 N–H and O–H groups in total. The zero-order valence-corrected chi connectivity index (χ0v) is 13.8. The first-order valence-corrected chi connectivity index (χ1v) is 7.51. The standard InChI is InChI=1S/C17H26O5/c1-12(2)14(11-17(18)19)13-6-7-15(21-4)16(10-13)22-9-5-8-20-3/h6-7,10,12,14H,5,8-9,11H2,1-4H3,(H,18,19). The Bertz CT molecular complexity index is 470. The molecule has 5 nitrogen and oxygen atoms in total. The molecular formula is C17H26O5. The lowest BCUT2D eigenvalue weighted by Crippen LogP contribution is -2.12. The fraction of sp³-hybridized carbons (Fsp3) is 0.588. The average molecular weight is 310 g/mol. The third-order valence-corrected chi connectivity index (χ3v) is 3.57. The molecule has 0 aliphatic carbocycles. The summed E-state index contributed by atoms with van der Waals surface area (Å²) < 4.78 is 16.1. The summed E-state index contributed by atoms with van der Waals surface area (Å²) in [6.07, 6.45) is 0.889. The van der Waals surface area contributed by atoms with E-state index in [0.717, 1.165) is 12.0 Å². The van der Waals surface area contributed by atoms with Crippen LogP contribution in [0.5, 0.6) is 11.5 Å². The summed E-state index contributed by atoms with van der Waals surface area (Å²) >= 11 is 0. The van der Waals surface area contributed by atoms with Crippen molar-refractivity contribution in [2.45, 2.75) is 32.6 Å². The van der Waals surface area contributed by atoms with Crippen LogP contribution in [-0.4, -0.2) is 38.5 Å². The topological polar surface area (TPSA) is 65.0 Å². The van der Waals surface area contributed by atoms with E-state index < -0.39 is 5.97 Å². The summed E-state index contributed by atoms with van der Waals surface area (Å²) in [6, 6.07) is 5.63. The predicted molar refractivity (Wildman–Crippen MR) is 84.8 cm³/mol. The first-order valence-electron chi connectivity index (χ1n) is 7.51. The summed E-state index contributed by atoms with van der Waals surface area (Å²) in [5.41, 5.74) is 0.958. The minimum Gasteiger partial charge on any atom is -0.493 e. The van der Waals surface area contributed by atoms with E-state index in [9.17, 15) is 4.79 Å². The normalized spacial score (nSPS) is 12.2. The number of carbonyl (C=O) groups is 1. The van der Waals surface area contributed by atoms with Gasteiger partial charge < -0.3 is 19.3 Å². The fourth-order valence-corrected chi connectivity index (χ4v) is 2.35. The molecule has 124 valence electrons. The molecule has 1 atom stereocenters. The Kier molecular flexibility index (Phi) is 7.74. The SMILES string of the molecule is COCCCOc1cc(C(CC(=O)O)C(C)C)ccc1OC. The van der Waals surface area contributed by atoms with E-state index in [1.54, 1.807) is 14.2 Å². The lowest BCUT2D eigenvalue weighted by Gasteiger charge is -2.21. The Labute approximate surface area is 132 Å². The van der Waals surface area contributed by atoms with Crippen molar-refractivity contribution in [2.75, 3.05) is 27.4 Å². The Morgan fingerprint density at radius 1 is 1.18 bits per heavy atom. The quantitative estimate of drug-likeness (QED) is 0.672. The minimum absolute atomic E-state index is 0.0512. The largest absolute Gasteiger partial charge is 0.493 e. The molecule has 0 radical (unpaired) electrons. The second-order valence-corrected chi connectivity index (χ2v) is 5.55. The maximum atomic E-state index is 11.1. The van der Waals surface area contributed by atoms with Crippen LogP contribution in [-0.2, 0) is 9.53 Å². The van der Waals surface area contributed by atoms with Crippen LogP contribution in [0, 0.1) is 5.92 Å². The van der Waals surface area contributed by atoms with Crippen molar-refractivity contribution < 1.29 is 24.1 Å². The number of hydrogen-bond donors (Lipinski definition) is 1. The van der Waals surface area contributed by atoms with Gasteiger partial charge in [0.25, 0.3) is 0 Å². The molecule has 0 aromatic heterocycles. The molecule has 1 aromatic rings. The van der Waals surface area contributed by atoms with Crippen LogP contribution < -0.4 is 9.47 Å². The first kappa shape index (κ1) is 18.3. The summed E-state index contributed by atoms with van der Waals surface area (Å²) in [6.45, 7) is 5.21. The van der Waals surface area contributed by atoms with Crippen molar-refractivity contribution in [1.29, 1.82) is 0 Å². The lowest BCUT2D eigenvalue weighted by atomic mass is 9.85. The van der Waals surface area contributed by atoms with E-state index in [1.165, 1.54) is 0 Å². The van der Waals surface area contributed by atoms with Crippen molar-refractivity contribution in [3.63, 3.8) is 0 Å². The van der Waals surface area contributed by atoms with E-state index in [0.29, 0.717) is 24.7 Å². The van der Waals surface area contributed by atoms with Crippen LogP contribution in [0.4, 0.5) is 0 Å². The molecule has 0 heterocycles. The van der Waals surface area contributed by atoms with Gasteiger partial charge in [-0.25, -0.2) is 0 Å². The van der Waals surface area contributed by atoms with Crippen LogP contribution in [0.25, 0.3) is 0 Å². The molecule has 5 heteroatoms. The molecule has 0 saturated carbocycles.